The zero-order chi connectivity index (χ0) is 13.7. The molecule has 0 saturated heterocycles. The summed E-state index contributed by atoms with van der Waals surface area (Å²) in [4.78, 5) is 0. The molecule has 0 fully saturated rings. The summed E-state index contributed by atoms with van der Waals surface area (Å²) in [6.45, 7) is 0.394. The fourth-order valence-corrected chi connectivity index (χ4v) is 1.72. The van der Waals surface area contributed by atoms with Crippen LogP contribution in [0.25, 0.3) is 0 Å². The Kier molecular flexibility index (Phi) is 4.44. The van der Waals surface area contributed by atoms with E-state index in [4.69, 9.17) is 19.5 Å². The fraction of sp³-hybridized carbons (Fsp3) is 0.143. The van der Waals surface area contributed by atoms with Crippen LogP contribution in [-0.4, -0.2) is 24.3 Å². The first-order valence-electron chi connectivity index (χ1n) is 5.91. The second kappa shape index (κ2) is 6.27. The first kappa shape index (κ1) is 13.5. The summed E-state index contributed by atoms with van der Waals surface area (Å²) in [5.74, 6) is 1.44. The molecule has 0 aromatic heterocycles. The van der Waals surface area contributed by atoms with Crippen molar-refractivity contribution < 1.29 is 19.5 Å². The van der Waals surface area contributed by atoms with Gasteiger partial charge in [0.2, 0.25) is 0 Å². The van der Waals surface area contributed by atoms with Gasteiger partial charge in [0.1, 0.15) is 18.1 Å². The van der Waals surface area contributed by atoms with E-state index in [1.54, 1.807) is 31.4 Å². The maximum atomic E-state index is 8.99. The highest BCUT2D eigenvalue weighted by atomic mass is 16.5. The molecule has 2 aromatic carbocycles. The normalized spacial score (nSPS) is 10.1. The lowest BCUT2D eigenvalue weighted by Crippen LogP contribution is -2.29. The molecule has 5 heteroatoms. The van der Waals surface area contributed by atoms with Crippen LogP contribution in [0.3, 0.4) is 0 Å². The van der Waals surface area contributed by atoms with E-state index < -0.39 is 7.12 Å². The number of ether oxygens (including phenoxy) is 2. The lowest BCUT2D eigenvalue weighted by atomic mass is 9.80. The average molecular weight is 258 g/mol. The molecule has 19 heavy (non-hydrogen) atoms. The molecule has 0 amide bonds. The largest absolute Gasteiger partial charge is 0.496 e. The molecule has 2 rings (SSSR count). The SMILES string of the molecule is COc1ccccc1COc1ccc(B(O)O)cc1. The van der Waals surface area contributed by atoms with Gasteiger partial charge >= 0.3 is 7.12 Å². The van der Waals surface area contributed by atoms with Gasteiger partial charge < -0.3 is 19.5 Å². The van der Waals surface area contributed by atoms with E-state index in [0.29, 0.717) is 17.8 Å². The minimum Gasteiger partial charge on any atom is -0.496 e. The third-order valence-corrected chi connectivity index (χ3v) is 2.77. The van der Waals surface area contributed by atoms with E-state index in [0.717, 1.165) is 11.3 Å². The van der Waals surface area contributed by atoms with Gasteiger partial charge in [-0.1, -0.05) is 30.3 Å². The zero-order valence-electron chi connectivity index (χ0n) is 10.6. The Morgan fingerprint density at radius 1 is 1.00 bits per heavy atom. The van der Waals surface area contributed by atoms with Gasteiger partial charge in [-0.2, -0.15) is 0 Å². The molecule has 0 aliphatic heterocycles. The topological polar surface area (TPSA) is 58.9 Å². The van der Waals surface area contributed by atoms with Crippen LogP contribution >= 0.6 is 0 Å². The van der Waals surface area contributed by atoms with Gasteiger partial charge in [-0.15, -0.1) is 0 Å². The monoisotopic (exact) mass is 258 g/mol. The van der Waals surface area contributed by atoms with Gasteiger partial charge in [-0.25, -0.2) is 0 Å². The molecule has 0 heterocycles. The highest BCUT2D eigenvalue weighted by Gasteiger charge is 2.10. The molecule has 0 unspecified atom stereocenters. The van der Waals surface area contributed by atoms with Crippen molar-refractivity contribution in [3.05, 3.63) is 54.1 Å². The molecule has 0 saturated carbocycles. The maximum Gasteiger partial charge on any atom is 0.488 e. The summed E-state index contributed by atoms with van der Waals surface area (Å²) < 4.78 is 10.9. The van der Waals surface area contributed by atoms with E-state index in [-0.39, 0.29) is 0 Å². The molecule has 98 valence electrons. The van der Waals surface area contributed by atoms with E-state index in [9.17, 15) is 0 Å². The second-order valence-corrected chi connectivity index (χ2v) is 4.04. The second-order valence-electron chi connectivity index (χ2n) is 4.04. The Balaban J connectivity index is 2.02. The summed E-state index contributed by atoms with van der Waals surface area (Å²) in [6, 6.07) is 14.3. The average Bonchev–Trinajstić information content (AvgIpc) is 2.45. The van der Waals surface area contributed by atoms with Crippen LogP contribution in [0.1, 0.15) is 5.56 Å². The summed E-state index contributed by atoms with van der Waals surface area (Å²) >= 11 is 0. The Morgan fingerprint density at radius 2 is 1.68 bits per heavy atom. The Morgan fingerprint density at radius 3 is 2.32 bits per heavy atom. The van der Waals surface area contributed by atoms with Crippen molar-refractivity contribution in [1.29, 1.82) is 0 Å². The Hall–Kier alpha value is -1.98. The highest BCUT2D eigenvalue weighted by Crippen LogP contribution is 2.19. The summed E-state index contributed by atoms with van der Waals surface area (Å²) in [5, 5.41) is 18.0. The molecular formula is C14H15BO4. The molecule has 0 bridgehead atoms. The lowest BCUT2D eigenvalue weighted by Gasteiger charge is -2.10. The van der Waals surface area contributed by atoms with Gasteiger partial charge in [-0.05, 0) is 23.7 Å². The minimum atomic E-state index is -1.46. The number of benzene rings is 2. The predicted octanol–water partition coefficient (Wildman–Crippen LogP) is 0.954. The van der Waals surface area contributed by atoms with Crippen molar-refractivity contribution >= 4 is 12.6 Å². The number of hydrogen-bond donors (Lipinski definition) is 2. The van der Waals surface area contributed by atoms with E-state index in [1.807, 2.05) is 24.3 Å². The molecular weight excluding hydrogens is 243 g/mol. The van der Waals surface area contributed by atoms with Crippen LogP contribution < -0.4 is 14.9 Å². The third kappa shape index (κ3) is 3.50. The number of rotatable bonds is 5. The quantitative estimate of drug-likeness (QED) is 0.784. The van der Waals surface area contributed by atoms with Crippen molar-refractivity contribution in [1.82, 2.24) is 0 Å². The summed E-state index contributed by atoms with van der Waals surface area (Å²) in [6.07, 6.45) is 0. The summed E-state index contributed by atoms with van der Waals surface area (Å²) in [5.41, 5.74) is 1.39. The zero-order valence-corrected chi connectivity index (χ0v) is 10.6. The van der Waals surface area contributed by atoms with Crippen molar-refractivity contribution in [2.24, 2.45) is 0 Å². The molecule has 2 aromatic rings. The van der Waals surface area contributed by atoms with Crippen LogP contribution in [-0.2, 0) is 6.61 Å². The highest BCUT2D eigenvalue weighted by molar-refractivity contribution is 6.58. The Labute approximate surface area is 112 Å². The number of hydrogen-bond acceptors (Lipinski definition) is 4. The van der Waals surface area contributed by atoms with Crippen LogP contribution in [0, 0.1) is 0 Å². The van der Waals surface area contributed by atoms with Gasteiger partial charge in [0, 0.05) is 5.56 Å². The van der Waals surface area contributed by atoms with Gasteiger partial charge in [0.05, 0.1) is 7.11 Å². The van der Waals surface area contributed by atoms with Gasteiger partial charge in [0.15, 0.2) is 0 Å². The standard InChI is InChI=1S/C14H15BO4/c1-18-14-5-3-2-4-11(14)10-19-13-8-6-12(7-9-13)15(16)17/h2-9,16-17H,10H2,1H3. The van der Waals surface area contributed by atoms with Crippen molar-refractivity contribution in [2.45, 2.75) is 6.61 Å². The first-order chi connectivity index (χ1) is 9.20. The molecule has 0 atom stereocenters. The molecule has 2 N–H and O–H groups in total. The number of para-hydroxylation sites is 1. The summed E-state index contributed by atoms with van der Waals surface area (Å²) in [7, 11) is 0.166. The van der Waals surface area contributed by atoms with Crippen molar-refractivity contribution in [2.75, 3.05) is 7.11 Å². The number of methoxy groups -OCH3 is 1. The lowest BCUT2D eigenvalue weighted by molar-refractivity contribution is 0.296. The molecule has 0 aliphatic rings. The van der Waals surface area contributed by atoms with E-state index >= 15 is 0 Å². The van der Waals surface area contributed by atoms with Gasteiger partial charge in [0.25, 0.3) is 0 Å². The van der Waals surface area contributed by atoms with Crippen molar-refractivity contribution in [3.8, 4) is 11.5 Å². The molecule has 0 spiro atoms. The Bertz CT molecular complexity index is 525. The van der Waals surface area contributed by atoms with Gasteiger partial charge in [-0.3, -0.25) is 0 Å². The maximum absolute atomic E-state index is 8.99. The molecule has 0 aliphatic carbocycles. The van der Waals surface area contributed by atoms with E-state index in [2.05, 4.69) is 0 Å². The van der Waals surface area contributed by atoms with Crippen LogP contribution in [0.2, 0.25) is 0 Å². The van der Waals surface area contributed by atoms with Crippen LogP contribution in [0.15, 0.2) is 48.5 Å². The first-order valence-corrected chi connectivity index (χ1v) is 5.91. The fourth-order valence-electron chi connectivity index (χ4n) is 1.72. The van der Waals surface area contributed by atoms with Crippen LogP contribution in [0.4, 0.5) is 0 Å². The van der Waals surface area contributed by atoms with E-state index in [1.165, 1.54) is 0 Å². The minimum absolute atomic E-state index is 0.394. The molecule has 0 radical (unpaired) electrons. The predicted molar refractivity (Wildman–Crippen MR) is 73.6 cm³/mol. The molecule has 4 nitrogen and oxygen atoms in total. The third-order valence-electron chi connectivity index (χ3n) is 2.77. The van der Waals surface area contributed by atoms with Crippen molar-refractivity contribution in [3.63, 3.8) is 0 Å². The van der Waals surface area contributed by atoms with Crippen LogP contribution in [0.5, 0.6) is 11.5 Å². The smallest absolute Gasteiger partial charge is 0.488 e.